The average Bonchev–Trinajstić information content (AvgIpc) is 3.34. The molecule has 4 rings (SSSR count). The van der Waals surface area contributed by atoms with E-state index in [0.29, 0.717) is 9.75 Å². The maximum atomic E-state index is 12.2. The van der Waals surface area contributed by atoms with Crippen LogP contribution < -0.4 is 5.32 Å². The van der Waals surface area contributed by atoms with Gasteiger partial charge in [-0.15, -0.1) is 11.3 Å². The summed E-state index contributed by atoms with van der Waals surface area (Å²) in [5.41, 5.74) is 5.36. The molecule has 2 atom stereocenters. The Morgan fingerprint density at radius 2 is 1.75 bits per heavy atom. The van der Waals surface area contributed by atoms with E-state index in [1.807, 2.05) is 24.3 Å². The molecule has 1 amide bonds. The second-order valence-corrected chi connectivity index (χ2v) is 8.98. The number of hydrogen-bond acceptors (Lipinski definition) is 6. The molecule has 3 aromatic rings. The van der Waals surface area contributed by atoms with Gasteiger partial charge in [0.05, 0.1) is 11.0 Å². The van der Waals surface area contributed by atoms with Crippen LogP contribution in [0.25, 0.3) is 11.1 Å². The molecule has 0 saturated carbocycles. The third-order valence-corrected chi connectivity index (χ3v) is 7.01. The topological polar surface area (TPSA) is 95.9 Å². The minimum absolute atomic E-state index is 0.0191. The standard InChI is InChI=1S/C25H25NO5S/c1-15-12-16(13-27)32-24(15)23(29)22(28)10-11-26-25(30)31-14-21-19-8-4-2-6-17(19)18-7-3-5-9-20(18)21/h2-9,12-13,21-23,28-29H,10-11,14H2,1H3,(H,26,30). The van der Waals surface area contributed by atoms with Gasteiger partial charge in [0.1, 0.15) is 12.7 Å². The average molecular weight is 452 g/mol. The molecule has 1 heterocycles. The Hall–Kier alpha value is -3.00. The lowest BCUT2D eigenvalue weighted by Gasteiger charge is -2.18. The van der Waals surface area contributed by atoms with E-state index in [0.717, 1.165) is 45.4 Å². The van der Waals surface area contributed by atoms with Crippen LogP contribution in [-0.4, -0.2) is 41.8 Å². The summed E-state index contributed by atoms with van der Waals surface area (Å²) in [6.45, 7) is 2.15. The number of aliphatic hydroxyl groups excluding tert-OH is 2. The summed E-state index contributed by atoms with van der Waals surface area (Å²) < 4.78 is 5.47. The zero-order chi connectivity index (χ0) is 22.7. The number of nitrogens with one attached hydrogen (secondary N) is 1. The smallest absolute Gasteiger partial charge is 0.407 e. The van der Waals surface area contributed by atoms with Crippen molar-refractivity contribution in [2.75, 3.05) is 13.2 Å². The number of rotatable bonds is 8. The van der Waals surface area contributed by atoms with Gasteiger partial charge in [-0.3, -0.25) is 4.79 Å². The lowest BCUT2D eigenvalue weighted by Crippen LogP contribution is -2.30. The van der Waals surface area contributed by atoms with Gasteiger partial charge in [-0.2, -0.15) is 0 Å². The number of thiophene rings is 1. The molecule has 1 aliphatic rings. The Kier molecular flexibility index (Phi) is 6.69. The summed E-state index contributed by atoms with van der Waals surface area (Å²) in [6.07, 6.45) is -1.87. The Bertz CT molecular complexity index is 1080. The van der Waals surface area contributed by atoms with Crippen molar-refractivity contribution in [1.29, 1.82) is 0 Å². The summed E-state index contributed by atoms with van der Waals surface area (Å²) in [6, 6.07) is 17.9. The molecule has 32 heavy (non-hydrogen) atoms. The molecule has 0 bridgehead atoms. The van der Waals surface area contributed by atoms with Crippen LogP contribution >= 0.6 is 11.3 Å². The molecular formula is C25H25NO5S. The number of carbonyl (C=O) groups is 2. The van der Waals surface area contributed by atoms with Crippen molar-refractivity contribution in [2.24, 2.45) is 0 Å². The Labute approximate surface area is 190 Å². The fourth-order valence-corrected chi connectivity index (χ4v) is 5.21. The van der Waals surface area contributed by atoms with Crippen LogP contribution in [0.5, 0.6) is 0 Å². The van der Waals surface area contributed by atoms with Crippen LogP contribution in [0.4, 0.5) is 4.79 Å². The van der Waals surface area contributed by atoms with E-state index in [9.17, 15) is 19.8 Å². The quantitative estimate of drug-likeness (QED) is 0.446. The maximum Gasteiger partial charge on any atom is 0.407 e. The predicted octanol–water partition coefficient (Wildman–Crippen LogP) is 4.19. The molecule has 0 aliphatic heterocycles. The highest BCUT2D eigenvalue weighted by Crippen LogP contribution is 2.44. The number of aliphatic hydroxyl groups is 2. The molecule has 0 fully saturated rings. The summed E-state index contributed by atoms with van der Waals surface area (Å²) in [7, 11) is 0. The predicted molar refractivity (Wildman–Crippen MR) is 123 cm³/mol. The normalized spacial score (nSPS) is 14.3. The van der Waals surface area contributed by atoms with Gasteiger partial charge in [0.25, 0.3) is 0 Å². The van der Waals surface area contributed by atoms with E-state index in [1.54, 1.807) is 13.0 Å². The molecule has 2 aromatic carbocycles. The monoisotopic (exact) mass is 451 g/mol. The first kappa shape index (κ1) is 22.2. The second-order valence-electron chi connectivity index (χ2n) is 7.87. The van der Waals surface area contributed by atoms with Crippen molar-refractivity contribution in [2.45, 2.75) is 31.5 Å². The van der Waals surface area contributed by atoms with Gasteiger partial charge in [-0.25, -0.2) is 4.79 Å². The SMILES string of the molecule is Cc1cc(C=O)sc1C(O)C(O)CCNC(=O)OCC1c2ccccc2-c2ccccc21. The van der Waals surface area contributed by atoms with Gasteiger partial charge in [-0.05, 0) is 47.2 Å². The Balaban J connectivity index is 1.29. The summed E-state index contributed by atoms with van der Waals surface area (Å²) >= 11 is 1.16. The number of benzene rings is 2. The van der Waals surface area contributed by atoms with Gasteiger partial charge in [0.2, 0.25) is 0 Å². The number of hydrogen-bond donors (Lipinski definition) is 3. The van der Waals surface area contributed by atoms with Crippen LogP contribution in [0.2, 0.25) is 0 Å². The first-order chi connectivity index (χ1) is 15.5. The van der Waals surface area contributed by atoms with Crippen molar-refractivity contribution in [1.82, 2.24) is 5.32 Å². The van der Waals surface area contributed by atoms with Crippen molar-refractivity contribution in [3.63, 3.8) is 0 Å². The molecule has 6 nitrogen and oxygen atoms in total. The summed E-state index contributed by atoms with van der Waals surface area (Å²) in [5, 5.41) is 23.3. The number of aryl methyl sites for hydroxylation is 1. The van der Waals surface area contributed by atoms with E-state index in [1.165, 1.54) is 0 Å². The first-order valence-corrected chi connectivity index (χ1v) is 11.3. The van der Waals surface area contributed by atoms with Gasteiger partial charge in [0.15, 0.2) is 6.29 Å². The highest BCUT2D eigenvalue weighted by molar-refractivity contribution is 7.13. The zero-order valence-corrected chi connectivity index (χ0v) is 18.5. The van der Waals surface area contributed by atoms with Gasteiger partial charge >= 0.3 is 6.09 Å². The molecule has 0 radical (unpaired) electrons. The molecule has 2 unspecified atom stereocenters. The molecule has 0 saturated heterocycles. The van der Waals surface area contributed by atoms with E-state index >= 15 is 0 Å². The summed E-state index contributed by atoms with van der Waals surface area (Å²) in [4.78, 5) is 24.2. The lowest BCUT2D eigenvalue weighted by atomic mass is 9.98. The maximum absolute atomic E-state index is 12.2. The zero-order valence-electron chi connectivity index (χ0n) is 17.7. The number of amides is 1. The van der Waals surface area contributed by atoms with Crippen molar-refractivity contribution in [3.05, 3.63) is 81.0 Å². The highest BCUT2D eigenvalue weighted by atomic mass is 32.1. The lowest BCUT2D eigenvalue weighted by molar-refractivity contribution is 0.0154. The fourth-order valence-electron chi connectivity index (χ4n) is 4.18. The number of carbonyl (C=O) groups excluding carboxylic acids is 2. The molecule has 1 aromatic heterocycles. The van der Waals surface area contributed by atoms with E-state index < -0.39 is 18.3 Å². The van der Waals surface area contributed by atoms with Gasteiger partial charge < -0.3 is 20.3 Å². The number of fused-ring (bicyclic) bond motifs is 3. The molecule has 3 N–H and O–H groups in total. The number of ether oxygens (including phenoxy) is 1. The Morgan fingerprint density at radius 1 is 1.12 bits per heavy atom. The van der Waals surface area contributed by atoms with Gasteiger partial charge in [-0.1, -0.05) is 48.5 Å². The first-order valence-electron chi connectivity index (χ1n) is 10.5. The largest absolute Gasteiger partial charge is 0.449 e. The molecule has 7 heteroatoms. The van der Waals surface area contributed by atoms with E-state index in [2.05, 4.69) is 29.6 Å². The van der Waals surface area contributed by atoms with Crippen molar-refractivity contribution < 1.29 is 24.5 Å². The third-order valence-electron chi connectivity index (χ3n) is 5.78. The number of alkyl carbamates (subject to hydrolysis) is 1. The molecular weight excluding hydrogens is 426 g/mol. The van der Waals surface area contributed by atoms with Crippen molar-refractivity contribution >= 4 is 23.7 Å². The fraction of sp³-hybridized carbons (Fsp3) is 0.280. The second kappa shape index (κ2) is 9.65. The van der Waals surface area contributed by atoms with Crippen molar-refractivity contribution in [3.8, 4) is 11.1 Å². The molecule has 1 aliphatic carbocycles. The minimum Gasteiger partial charge on any atom is -0.449 e. The Morgan fingerprint density at radius 3 is 2.34 bits per heavy atom. The van der Waals surface area contributed by atoms with Crippen LogP contribution in [0, 0.1) is 6.92 Å². The third kappa shape index (κ3) is 4.46. The minimum atomic E-state index is -1.11. The summed E-state index contributed by atoms with van der Waals surface area (Å²) in [5.74, 6) is -0.0191. The van der Waals surface area contributed by atoms with Crippen LogP contribution in [0.1, 0.15) is 49.7 Å². The van der Waals surface area contributed by atoms with E-state index in [4.69, 9.17) is 4.74 Å². The van der Waals surface area contributed by atoms with Gasteiger partial charge in [0, 0.05) is 17.3 Å². The van der Waals surface area contributed by atoms with Crippen LogP contribution in [-0.2, 0) is 4.74 Å². The number of aldehydes is 1. The highest BCUT2D eigenvalue weighted by Gasteiger charge is 2.29. The van der Waals surface area contributed by atoms with E-state index in [-0.39, 0.29) is 25.5 Å². The van der Waals surface area contributed by atoms with Crippen LogP contribution in [0.3, 0.4) is 0 Å². The molecule has 166 valence electrons. The van der Waals surface area contributed by atoms with Crippen LogP contribution in [0.15, 0.2) is 54.6 Å². The molecule has 0 spiro atoms.